The summed E-state index contributed by atoms with van der Waals surface area (Å²) < 4.78 is 0. The number of hydrogen-bond acceptors (Lipinski definition) is 3. The average Bonchev–Trinajstić information content (AvgIpc) is 2.75. The summed E-state index contributed by atoms with van der Waals surface area (Å²) >= 11 is 0. The lowest BCUT2D eigenvalue weighted by atomic mass is 10.1. The predicted molar refractivity (Wildman–Crippen MR) is 74.8 cm³/mol. The van der Waals surface area contributed by atoms with E-state index in [2.05, 4.69) is 10.0 Å². The van der Waals surface area contributed by atoms with Gasteiger partial charge in [-0.1, -0.05) is 11.2 Å². The number of benzene rings is 1. The van der Waals surface area contributed by atoms with Crippen LogP contribution in [0.2, 0.25) is 0 Å². The van der Waals surface area contributed by atoms with Crippen molar-refractivity contribution in [2.24, 2.45) is 11.0 Å². The van der Waals surface area contributed by atoms with Crippen molar-refractivity contribution in [2.75, 3.05) is 23.7 Å². The third-order valence-electron chi connectivity index (χ3n) is 3.66. The zero-order valence-corrected chi connectivity index (χ0v) is 11.1. The molecule has 100 valence electrons. The third kappa shape index (κ3) is 2.48. The van der Waals surface area contributed by atoms with E-state index in [-0.39, 0.29) is 11.8 Å². The van der Waals surface area contributed by atoms with Crippen molar-refractivity contribution in [1.29, 1.82) is 0 Å². The smallest absolute Gasteiger partial charge is 0.227 e. The second-order valence-electron chi connectivity index (χ2n) is 4.93. The molecule has 2 rings (SSSR count). The van der Waals surface area contributed by atoms with Crippen LogP contribution in [0.15, 0.2) is 17.2 Å². The number of amides is 1. The van der Waals surface area contributed by atoms with Crippen molar-refractivity contribution in [1.82, 2.24) is 0 Å². The fraction of sp³-hybridized carbons (Fsp3) is 0.462. The number of nitrogen functional groups attached to an aromatic ring is 1. The average molecular weight is 259 g/mol. The summed E-state index contributed by atoms with van der Waals surface area (Å²) in [6, 6.07) is 3.85. The molecule has 0 aliphatic carbocycles. The zero-order valence-electron chi connectivity index (χ0n) is 11.1. The molecule has 0 radical (unpaired) electrons. The first kappa shape index (κ1) is 13.2. The van der Waals surface area contributed by atoms with Crippen molar-refractivity contribution >= 4 is 17.3 Å². The van der Waals surface area contributed by atoms with Gasteiger partial charge in [0.1, 0.15) is 0 Å². The molecule has 1 aliphatic heterocycles. The molecule has 6 heteroatoms. The number of hydrogen-bond donors (Lipinski definition) is 1. The van der Waals surface area contributed by atoms with Gasteiger partial charge in [0.15, 0.2) is 0 Å². The lowest BCUT2D eigenvalue weighted by Gasteiger charge is -2.20. The Morgan fingerprint density at radius 2 is 2.26 bits per heavy atom. The van der Waals surface area contributed by atoms with Gasteiger partial charge in [-0.05, 0) is 42.5 Å². The summed E-state index contributed by atoms with van der Waals surface area (Å²) in [5.41, 5.74) is 17.9. The van der Waals surface area contributed by atoms with Crippen LogP contribution in [0.25, 0.3) is 10.4 Å². The molecule has 2 N–H and O–H groups in total. The molecule has 19 heavy (non-hydrogen) atoms. The molecular weight excluding hydrogens is 242 g/mol. The minimum atomic E-state index is 0.0353. The normalized spacial score (nSPS) is 18.5. The van der Waals surface area contributed by atoms with Crippen LogP contribution >= 0.6 is 0 Å². The second kappa shape index (κ2) is 5.20. The first-order valence-corrected chi connectivity index (χ1v) is 6.21. The molecule has 0 spiro atoms. The third-order valence-corrected chi connectivity index (χ3v) is 3.66. The molecule has 1 unspecified atom stereocenters. The van der Waals surface area contributed by atoms with Gasteiger partial charge in [0, 0.05) is 24.4 Å². The lowest BCUT2D eigenvalue weighted by molar-refractivity contribution is -0.117. The summed E-state index contributed by atoms with van der Waals surface area (Å²) in [5.74, 6) is 0.109. The molecule has 0 saturated carbocycles. The predicted octanol–water partition coefficient (Wildman–Crippen LogP) is 2.55. The van der Waals surface area contributed by atoms with Crippen LogP contribution in [0, 0.1) is 19.8 Å². The van der Waals surface area contributed by atoms with E-state index in [1.165, 1.54) is 0 Å². The van der Waals surface area contributed by atoms with Crippen LogP contribution < -0.4 is 10.6 Å². The van der Waals surface area contributed by atoms with Crippen molar-refractivity contribution in [3.63, 3.8) is 0 Å². The molecule has 1 saturated heterocycles. The maximum Gasteiger partial charge on any atom is 0.227 e. The van der Waals surface area contributed by atoms with Crippen LogP contribution in [-0.2, 0) is 4.79 Å². The molecule has 1 fully saturated rings. The topological polar surface area (TPSA) is 95.1 Å². The highest BCUT2D eigenvalue weighted by Crippen LogP contribution is 2.33. The number of nitrogens with two attached hydrogens (primary N) is 1. The standard InChI is InChI=1S/C13H17N5O/c1-8-3-4-11(13(14)9(8)2)18-7-10(5-12(18)19)6-16-17-15/h3-4,10H,5-7,14H2,1-2H3. The number of nitrogens with zero attached hydrogens (tertiary/aromatic N) is 4. The van der Waals surface area contributed by atoms with E-state index in [0.717, 1.165) is 16.8 Å². The molecular formula is C13H17N5O. The van der Waals surface area contributed by atoms with E-state index in [4.69, 9.17) is 11.3 Å². The number of aryl methyl sites for hydroxylation is 1. The van der Waals surface area contributed by atoms with Gasteiger partial charge in [-0.3, -0.25) is 4.79 Å². The van der Waals surface area contributed by atoms with Crippen LogP contribution in [0.1, 0.15) is 17.5 Å². The minimum Gasteiger partial charge on any atom is -0.397 e. The Labute approximate surface area is 111 Å². The highest BCUT2D eigenvalue weighted by atomic mass is 16.2. The largest absolute Gasteiger partial charge is 0.397 e. The van der Waals surface area contributed by atoms with E-state index in [0.29, 0.717) is 25.2 Å². The lowest BCUT2D eigenvalue weighted by Crippen LogP contribution is -2.26. The second-order valence-corrected chi connectivity index (χ2v) is 4.93. The Balaban J connectivity index is 2.26. The summed E-state index contributed by atoms with van der Waals surface area (Å²) in [7, 11) is 0. The summed E-state index contributed by atoms with van der Waals surface area (Å²) in [6.45, 7) is 4.85. The van der Waals surface area contributed by atoms with Crippen LogP contribution in [0.4, 0.5) is 11.4 Å². The van der Waals surface area contributed by atoms with Crippen molar-refractivity contribution < 1.29 is 4.79 Å². The molecule has 0 bridgehead atoms. The number of anilines is 2. The number of carbonyl (C=O) groups is 1. The highest BCUT2D eigenvalue weighted by Gasteiger charge is 2.31. The zero-order chi connectivity index (χ0) is 14.0. The molecule has 0 aromatic heterocycles. The highest BCUT2D eigenvalue weighted by molar-refractivity contribution is 5.99. The molecule has 6 nitrogen and oxygen atoms in total. The Kier molecular flexibility index (Phi) is 3.62. The van der Waals surface area contributed by atoms with E-state index in [9.17, 15) is 4.79 Å². The van der Waals surface area contributed by atoms with Gasteiger partial charge in [-0.25, -0.2) is 0 Å². The molecule has 1 aromatic rings. The monoisotopic (exact) mass is 259 g/mol. The number of carbonyl (C=O) groups excluding carboxylic acids is 1. The van der Waals surface area contributed by atoms with Crippen molar-refractivity contribution in [3.05, 3.63) is 33.7 Å². The maximum atomic E-state index is 12.0. The first-order valence-electron chi connectivity index (χ1n) is 6.21. The summed E-state index contributed by atoms with van der Waals surface area (Å²) in [5, 5.41) is 3.54. The van der Waals surface area contributed by atoms with Crippen molar-refractivity contribution in [2.45, 2.75) is 20.3 Å². The fourth-order valence-electron chi connectivity index (χ4n) is 2.35. The molecule has 1 aromatic carbocycles. The number of azide groups is 1. The first-order chi connectivity index (χ1) is 9.04. The van der Waals surface area contributed by atoms with Gasteiger partial charge in [-0.2, -0.15) is 0 Å². The Morgan fingerprint density at radius 1 is 1.53 bits per heavy atom. The number of rotatable bonds is 3. The molecule has 1 amide bonds. The SMILES string of the molecule is Cc1ccc(N2CC(CN=[N+]=[N-])CC2=O)c(N)c1C. The van der Waals surface area contributed by atoms with E-state index < -0.39 is 0 Å². The van der Waals surface area contributed by atoms with Gasteiger partial charge in [0.2, 0.25) is 5.91 Å². The molecule has 1 aliphatic rings. The van der Waals surface area contributed by atoms with E-state index >= 15 is 0 Å². The van der Waals surface area contributed by atoms with Crippen molar-refractivity contribution in [3.8, 4) is 0 Å². The maximum absolute atomic E-state index is 12.0. The van der Waals surface area contributed by atoms with Crippen LogP contribution in [0.3, 0.4) is 0 Å². The Bertz CT molecular complexity index is 562. The van der Waals surface area contributed by atoms with Gasteiger partial charge in [-0.15, -0.1) is 0 Å². The van der Waals surface area contributed by atoms with Gasteiger partial charge in [0.05, 0.1) is 11.4 Å². The van der Waals surface area contributed by atoms with E-state index in [1.54, 1.807) is 4.90 Å². The fourth-order valence-corrected chi connectivity index (χ4v) is 2.35. The van der Waals surface area contributed by atoms with Gasteiger partial charge < -0.3 is 10.6 Å². The van der Waals surface area contributed by atoms with E-state index in [1.807, 2.05) is 26.0 Å². The van der Waals surface area contributed by atoms with Gasteiger partial charge >= 0.3 is 0 Å². The summed E-state index contributed by atoms with van der Waals surface area (Å²) in [4.78, 5) is 16.5. The van der Waals surface area contributed by atoms with Crippen LogP contribution in [0.5, 0.6) is 0 Å². The molecule has 1 atom stereocenters. The minimum absolute atomic E-state index is 0.0353. The molecule has 1 heterocycles. The van der Waals surface area contributed by atoms with Crippen LogP contribution in [-0.4, -0.2) is 19.0 Å². The summed E-state index contributed by atoms with van der Waals surface area (Å²) in [6.07, 6.45) is 0.408. The van der Waals surface area contributed by atoms with Gasteiger partial charge in [0.25, 0.3) is 0 Å². The Morgan fingerprint density at radius 3 is 2.95 bits per heavy atom. The Hall–Kier alpha value is -2.20. The quantitative estimate of drug-likeness (QED) is 0.391.